The van der Waals surface area contributed by atoms with Crippen molar-refractivity contribution in [1.29, 1.82) is 0 Å². The lowest BCUT2D eigenvalue weighted by Gasteiger charge is -2.40. The van der Waals surface area contributed by atoms with Crippen LogP contribution >= 0.6 is 0 Å². The van der Waals surface area contributed by atoms with Gasteiger partial charge in [-0.25, -0.2) is 4.79 Å². The molecule has 6 heteroatoms. The van der Waals surface area contributed by atoms with Crippen LogP contribution in [0.3, 0.4) is 0 Å². The van der Waals surface area contributed by atoms with Crippen molar-refractivity contribution >= 4 is 12.0 Å². The van der Waals surface area contributed by atoms with E-state index >= 15 is 0 Å². The average molecular weight is 256 g/mol. The summed E-state index contributed by atoms with van der Waals surface area (Å²) in [4.78, 5) is 22.5. The molecule has 0 atom stereocenters. The summed E-state index contributed by atoms with van der Waals surface area (Å²) >= 11 is 0. The summed E-state index contributed by atoms with van der Waals surface area (Å²) in [6.07, 6.45) is 4.33. The maximum atomic E-state index is 11.6. The number of rotatable bonds is 6. The zero-order valence-electron chi connectivity index (χ0n) is 10.6. The first kappa shape index (κ1) is 13.1. The zero-order valence-corrected chi connectivity index (χ0v) is 10.6. The van der Waals surface area contributed by atoms with E-state index in [4.69, 9.17) is 9.84 Å². The highest BCUT2D eigenvalue weighted by Crippen LogP contribution is 2.45. The number of nitrogens with one attached hydrogen (secondary N) is 2. The first-order valence-corrected chi connectivity index (χ1v) is 6.32. The van der Waals surface area contributed by atoms with Gasteiger partial charge in [0.25, 0.3) is 0 Å². The van der Waals surface area contributed by atoms with Crippen molar-refractivity contribution < 1.29 is 19.4 Å². The lowest BCUT2D eigenvalue weighted by Crippen LogP contribution is -2.52. The van der Waals surface area contributed by atoms with Crippen LogP contribution in [0.15, 0.2) is 0 Å². The van der Waals surface area contributed by atoms with E-state index in [1.807, 2.05) is 0 Å². The minimum absolute atomic E-state index is 0.203. The van der Waals surface area contributed by atoms with E-state index in [2.05, 4.69) is 10.6 Å². The van der Waals surface area contributed by atoms with Crippen molar-refractivity contribution in [3.05, 3.63) is 0 Å². The SMILES string of the molecule is COC1(CNC(=O)NCC2(C(=O)O)CC2)CCC1. The van der Waals surface area contributed by atoms with Gasteiger partial charge in [-0.15, -0.1) is 0 Å². The number of carboxylic acids is 1. The normalized spacial score (nSPS) is 22.7. The molecule has 0 spiro atoms. The summed E-state index contributed by atoms with van der Waals surface area (Å²) in [5, 5.41) is 14.3. The van der Waals surface area contributed by atoms with Gasteiger partial charge in [0.2, 0.25) is 0 Å². The van der Waals surface area contributed by atoms with Gasteiger partial charge in [-0.2, -0.15) is 0 Å². The monoisotopic (exact) mass is 256 g/mol. The fourth-order valence-corrected chi connectivity index (χ4v) is 2.19. The molecule has 102 valence electrons. The minimum atomic E-state index is -0.824. The van der Waals surface area contributed by atoms with E-state index in [1.54, 1.807) is 7.11 Å². The number of urea groups is 1. The van der Waals surface area contributed by atoms with E-state index in [0.29, 0.717) is 19.4 Å². The highest BCUT2D eigenvalue weighted by Gasteiger charge is 2.50. The van der Waals surface area contributed by atoms with Crippen molar-refractivity contribution in [3.8, 4) is 0 Å². The molecule has 0 aromatic carbocycles. The van der Waals surface area contributed by atoms with Crippen LogP contribution in [0.2, 0.25) is 0 Å². The Morgan fingerprint density at radius 1 is 1.17 bits per heavy atom. The molecule has 2 rings (SSSR count). The Balaban J connectivity index is 1.68. The number of amides is 2. The maximum Gasteiger partial charge on any atom is 0.314 e. The van der Waals surface area contributed by atoms with Gasteiger partial charge in [0.1, 0.15) is 0 Å². The van der Waals surface area contributed by atoms with Crippen molar-refractivity contribution in [2.45, 2.75) is 37.7 Å². The third-order valence-electron chi connectivity index (χ3n) is 4.16. The zero-order chi connectivity index (χ0) is 13.2. The number of aliphatic carboxylic acids is 1. The summed E-state index contributed by atoms with van der Waals surface area (Å²) in [5.74, 6) is -0.824. The molecule has 0 aromatic heterocycles. The van der Waals surface area contributed by atoms with Crippen molar-refractivity contribution in [2.24, 2.45) is 5.41 Å². The fraction of sp³-hybridized carbons (Fsp3) is 0.833. The Bertz CT molecular complexity index is 342. The second-order valence-electron chi connectivity index (χ2n) is 5.36. The molecule has 18 heavy (non-hydrogen) atoms. The highest BCUT2D eigenvalue weighted by atomic mass is 16.5. The summed E-state index contributed by atoms with van der Waals surface area (Å²) in [5.41, 5.74) is -0.922. The summed E-state index contributed by atoms with van der Waals surface area (Å²) in [6, 6.07) is -0.314. The molecule has 0 aliphatic heterocycles. The molecule has 6 nitrogen and oxygen atoms in total. The molecule has 2 aliphatic rings. The van der Waals surface area contributed by atoms with Crippen LogP contribution in [-0.4, -0.2) is 42.9 Å². The second-order valence-corrected chi connectivity index (χ2v) is 5.36. The quantitative estimate of drug-likeness (QED) is 0.653. The van der Waals surface area contributed by atoms with Gasteiger partial charge < -0.3 is 20.5 Å². The topological polar surface area (TPSA) is 87.7 Å². The third kappa shape index (κ3) is 2.58. The summed E-state index contributed by atoms with van der Waals surface area (Å²) < 4.78 is 5.38. The molecule has 0 radical (unpaired) electrons. The van der Waals surface area contributed by atoms with Crippen LogP contribution in [0.4, 0.5) is 4.79 Å². The molecule has 0 unspecified atom stereocenters. The van der Waals surface area contributed by atoms with Gasteiger partial charge in [-0.05, 0) is 32.1 Å². The van der Waals surface area contributed by atoms with E-state index in [9.17, 15) is 9.59 Å². The minimum Gasteiger partial charge on any atom is -0.481 e. The van der Waals surface area contributed by atoms with Gasteiger partial charge in [0, 0.05) is 20.2 Å². The molecule has 0 aromatic rings. The summed E-state index contributed by atoms with van der Waals surface area (Å²) in [7, 11) is 1.66. The van der Waals surface area contributed by atoms with Gasteiger partial charge >= 0.3 is 12.0 Å². The van der Waals surface area contributed by atoms with E-state index in [-0.39, 0.29) is 18.2 Å². The number of carbonyl (C=O) groups is 2. The van der Waals surface area contributed by atoms with Crippen molar-refractivity contribution in [3.63, 3.8) is 0 Å². The van der Waals surface area contributed by atoms with Crippen molar-refractivity contribution in [1.82, 2.24) is 10.6 Å². The molecule has 0 saturated heterocycles. The van der Waals surface area contributed by atoms with Gasteiger partial charge in [0.15, 0.2) is 0 Å². The molecule has 2 amide bonds. The van der Waals surface area contributed by atoms with Crippen LogP contribution < -0.4 is 10.6 Å². The third-order valence-corrected chi connectivity index (χ3v) is 4.16. The Morgan fingerprint density at radius 2 is 1.78 bits per heavy atom. The molecule has 2 saturated carbocycles. The van der Waals surface area contributed by atoms with Gasteiger partial charge in [0.05, 0.1) is 11.0 Å². The Labute approximate surface area is 106 Å². The van der Waals surface area contributed by atoms with E-state index in [1.165, 1.54) is 0 Å². The lowest BCUT2D eigenvalue weighted by atomic mass is 9.80. The number of carbonyl (C=O) groups excluding carboxylic acids is 1. The Kier molecular flexibility index (Phi) is 3.47. The average Bonchev–Trinajstić information content (AvgIpc) is 3.06. The first-order chi connectivity index (χ1) is 8.52. The van der Waals surface area contributed by atoms with E-state index < -0.39 is 11.4 Å². The molecular formula is C12H20N2O4. The number of ether oxygens (including phenoxy) is 1. The molecule has 3 N–H and O–H groups in total. The Hall–Kier alpha value is -1.30. The van der Waals surface area contributed by atoms with Gasteiger partial charge in [-0.3, -0.25) is 4.79 Å². The molecular weight excluding hydrogens is 236 g/mol. The lowest BCUT2D eigenvalue weighted by molar-refractivity contribution is -0.143. The second kappa shape index (κ2) is 4.76. The highest BCUT2D eigenvalue weighted by molar-refractivity contribution is 5.80. The Morgan fingerprint density at radius 3 is 2.17 bits per heavy atom. The van der Waals surface area contributed by atoms with Crippen molar-refractivity contribution in [2.75, 3.05) is 20.2 Å². The first-order valence-electron chi connectivity index (χ1n) is 6.32. The maximum absolute atomic E-state index is 11.6. The standard InChI is InChI=1S/C12H20N2O4/c1-18-12(3-2-4-12)8-14-10(17)13-7-11(5-6-11)9(15)16/h2-8H2,1H3,(H,15,16)(H2,13,14,17). The fourth-order valence-electron chi connectivity index (χ4n) is 2.19. The number of carboxylic acid groups (broad SMARTS) is 1. The van der Waals surface area contributed by atoms with Crippen LogP contribution in [0, 0.1) is 5.41 Å². The van der Waals surface area contributed by atoms with Crippen LogP contribution in [0.5, 0.6) is 0 Å². The predicted octanol–water partition coefficient (Wildman–Crippen LogP) is 0.719. The number of methoxy groups -OCH3 is 1. The van der Waals surface area contributed by atoms with Crippen LogP contribution in [0.1, 0.15) is 32.1 Å². The number of hydrogen-bond donors (Lipinski definition) is 3. The number of hydrogen-bond acceptors (Lipinski definition) is 3. The summed E-state index contributed by atoms with van der Waals surface area (Å²) in [6.45, 7) is 0.684. The largest absolute Gasteiger partial charge is 0.481 e. The predicted molar refractivity (Wildman–Crippen MR) is 64.3 cm³/mol. The molecule has 0 heterocycles. The van der Waals surface area contributed by atoms with Crippen LogP contribution in [-0.2, 0) is 9.53 Å². The smallest absolute Gasteiger partial charge is 0.314 e. The molecule has 0 bridgehead atoms. The van der Waals surface area contributed by atoms with Gasteiger partial charge in [-0.1, -0.05) is 0 Å². The molecule has 2 aliphatic carbocycles. The van der Waals surface area contributed by atoms with Crippen LogP contribution in [0.25, 0.3) is 0 Å². The van der Waals surface area contributed by atoms with E-state index in [0.717, 1.165) is 19.3 Å². The molecule has 2 fully saturated rings.